The fraction of sp³-hybridized carbons (Fsp3) is 0.263. The van der Waals surface area contributed by atoms with Crippen molar-refractivity contribution >= 4 is 17.6 Å². The minimum atomic E-state index is -0.734. The molecule has 2 aromatic carbocycles. The first kappa shape index (κ1) is 19.1. The molecule has 0 bridgehead atoms. The molecule has 7 heteroatoms. The van der Waals surface area contributed by atoms with Crippen molar-refractivity contribution in [2.24, 2.45) is 0 Å². The number of rotatable bonds is 7. The number of nitro benzene ring substituents is 1. The van der Waals surface area contributed by atoms with E-state index < -0.39 is 16.9 Å². The Hall–Kier alpha value is -3.22. The number of nitrogens with one attached hydrogen (secondary N) is 1. The molecule has 0 saturated carbocycles. The van der Waals surface area contributed by atoms with Crippen LogP contribution in [-0.4, -0.2) is 23.4 Å². The molecule has 0 aliphatic carbocycles. The fourth-order valence-electron chi connectivity index (χ4n) is 2.52. The second kappa shape index (κ2) is 8.75. The van der Waals surface area contributed by atoms with Crippen LogP contribution in [0.5, 0.6) is 0 Å². The standard InChI is InChI=1S/C19H20N2O5/c1-3-26-18(22)12-17(14-7-5-9-16(11-14)21(24)25)20-19(23)15-8-4-6-13(2)10-15/h4-11,17H,3,12H2,1-2H3,(H,20,23)/t17-/m0/s1. The zero-order valence-corrected chi connectivity index (χ0v) is 14.6. The Morgan fingerprint density at radius 2 is 1.92 bits per heavy atom. The lowest BCUT2D eigenvalue weighted by Gasteiger charge is -2.18. The number of hydrogen-bond acceptors (Lipinski definition) is 5. The minimum absolute atomic E-state index is 0.110. The molecule has 0 fully saturated rings. The number of benzene rings is 2. The molecule has 1 amide bonds. The van der Waals surface area contributed by atoms with Crippen molar-refractivity contribution in [2.75, 3.05) is 6.61 Å². The van der Waals surface area contributed by atoms with E-state index in [2.05, 4.69) is 5.32 Å². The maximum Gasteiger partial charge on any atom is 0.308 e. The van der Waals surface area contributed by atoms with Crippen molar-refractivity contribution in [1.82, 2.24) is 5.32 Å². The van der Waals surface area contributed by atoms with Crippen LogP contribution in [0.1, 0.15) is 40.9 Å². The number of carbonyl (C=O) groups is 2. The number of ether oxygens (including phenoxy) is 1. The number of nitrogens with zero attached hydrogens (tertiary/aromatic N) is 1. The third kappa shape index (κ3) is 5.14. The van der Waals surface area contributed by atoms with E-state index >= 15 is 0 Å². The monoisotopic (exact) mass is 356 g/mol. The number of hydrogen-bond donors (Lipinski definition) is 1. The zero-order valence-electron chi connectivity index (χ0n) is 14.6. The van der Waals surface area contributed by atoms with Crippen LogP contribution >= 0.6 is 0 Å². The number of carbonyl (C=O) groups excluding carboxylic acids is 2. The number of aryl methyl sites for hydroxylation is 1. The summed E-state index contributed by atoms with van der Waals surface area (Å²) in [6.45, 7) is 3.77. The molecule has 0 heterocycles. The lowest BCUT2D eigenvalue weighted by Crippen LogP contribution is -2.30. The van der Waals surface area contributed by atoms with E-state index in [0.717, 1.165) is 5.56 Å². The van der Waals surface area contributed by atoms with Gasteiger partial charge >= 0.3 is 5.97 Å². The first-order valence-electron chi connectivity index (χ1n) is 8.18. The summed E-state index contributed by atoms with van der Waals surface area (Å²) in [7, 11) is 0. The third-order valence-corrected chi connectivity index (χ3v) is 3.75. The van der Waals surface area contributed by atoms with E-state index in [-0.39, 0.29) is 24.6 Å². The van der Waals surface area contributed by atoms with E-state index in [1.54, 1.807) is 31.2 Å². The van der Waals surface area contributed by atoms with Crippen molar-refractivity contribution in [3.05, 3.63) is 75.3 Å². The molecule has 136 valence electrons. The summed E-state index contributed by atoms with van der Waals surface area (Å²) >= 11 is 0. The molecule has 0 aromatic heterocycles. The highest BCUT2D eigenvalue weighted by Crippen LogP contribution is 2.23. The Labute approximate surface area is 151 Å². The minimum Gasteiger partial charge on any atom is -0.466 e. The van der Waals surface area contributed by atoms with Gasteiger partial charge < -0.3 is 10.1 Å². The van der Waals surface area contributed by atoms with Crippen LogP contribution < -0.4 is 5.32 Å². The molecule has 0 aliphatic heterocycles. The van der Waals surface area contributed by atoms with Gasteiger partial charge in [0.15, 0.2) is 0 Å². The molecule has 7 nitrogen and oxygen atoms in total. The van der Waals surface area contributed by atoms with Crippen LogP contribution in [0.4, 0.5) is 5.69 Å². The Morgan fingerprint density at radius 3 is 2.58 bits per heavy atom. The highest BCUT2D eigenvalue weighted by atomic mass is 16.6. The van der Waals surface area contributed by atoms with E-state index in [9.17, 15) is 19.7 Å². The van der Waals surface area contributed by atoms with Gasteiger partial charge in [-0.05, 0) is 31.5 Å². The van der Waals surface area contributed by atoms with Crippen molar-refractivity contribution in [3.63, 3.8) is 0 Å². The van der Waals surface area contributed by atoms with Crippen LogP contribution in [0.2, 0.25) is 0 Å². The summed E-state index contributed by atoms with van der Waals surface area (Å²) in [5.74, 6) is -0.858. The van der Waals surface area contributed by atoms with E-state index in [1.165, 1.54) is 18.2 Å². The van der Waals surface area contributed by atoms with Crippen molar-refractivity contribution in [1.29, 1.82) is 0 Å². The maximum atomic E-state index is 12.5. The van der Waals surface area contributed by atoms with Crippen molar-refractivity contribution in [2.45, 2.75) is 26.3 Å². The smallest absolute Gasteiger partial charge is 0.308 e. The molecule has 0 radical (unpaired) electrons. The quantitative estimate of drug-likeness (QED) is 0.466. The van der Waals surface area contributed by atoms with Gasteiger partial charge in [0.25, 0.3) is 11.6 Å². The lowest BCUT2D eigenvalue weighted by atomic mass is 10.0. The first-order valence-corrected chi connectivity index (χ1v) is 8.18. The van der Waals surface area contributed by atoms with Gasteiger partial charge in [-0.2, -0.15) is 0 Å². The molecular formula is C19H20N2O5. The summed E-state index contributed by atoms with van der Waals surface area (Å²) in [5, 5.41) is 13.8. The molecule has 1 atom stereocenters. The van der Waals surface area contributed by atoms with Gasteiger partial charge in [0, 0.05) is 17.7 Å². The highest BCUT2D eigenvalue weighted by molar-refractivity contribution is 5.94. The molecule has 1 N–H and O–H groups in total. The molecule has 0 unspecified atom stereocenters. The molecular weight excluding hydrogens is 336 g/mol. The van der Waals surface area contributed by atoms with E-state index in [4.69, 9.17) is 4.74 Å². The fourth-order valence-corrected chi connectivity index (χ4v) is 2.52. The number of amides is 1. The number of non-ortho nitro benzene ring substituents is 1. The Morgan fingerprint density at radius 1 is 1.19 bits per heavy atom. The van der Waals surface area contributed by atoms with Gasteiger partial charge in [0.2, 0.25) is 0 Å². The summed E-state index contributed by atoms with van der Waals surface area (Å²) in [4.78, 5) is 34.9. The zero-order chi connectivity index (χ0) is 19.1. The van der Waals surface area contributed by atoms with E-state index in [0.29, 0.717) is 11.1 Å². The molecule has 0 aliphatic rings. The van der Waals surface area contributed by atoms with Crippen LogP contribution in [0.25, 0.3) is 0 Å². The number of esters is 1. The molecule has 0 saturated heterocycles. The van der Waals surface area contributed by atoms with Gasteiger partial charge in [-0.1, -0.05) is 29.8 Å². The summed E-state index contributed by atoms with van der Waals surface area (Å²) in [5.41, 5.74) is 1.73. The lowest BCUT2D eigenvalue weighted by molar-refractivity contribution is -0.384. The largest absolute Gasteiger partial charge is 0.466 e. The van der Waals surface area contributed by atoms with Gasteiger partial charge in [0.1, 0.15) is 0 Å². The normalized spacial score (nSPS) is 11.5. The molecule has 2 rings (SSSR count). The molecule has 2 aromatic rings. The average Bonchev–Trinajstić information content (AvgIpc) is 2.61. The predicted octanol–water partition coefficient (Wildman–Crippen LogP) is 3.33. The highest BCUT2D eigenvalue weighted by Gasteiger charge is 2.22. The summed E-state index contributed by atoms with van der Waals surface area (Å²) in [6.07, 6.45) is -0.118. The first-order chi connectivity index (χ1) is 12.4. The molecule has 26 heavy (non-hydrogen) atoms. The predicted molar refractivity (Wildman–Crippen MR) is 95.7 cm³/mol. The van der Waals surface area contributed by atoms with Crippen LogP contribution in [0, 0.1) is 17.0 Å². The summed E-state index contributed by atoms with van der Waals surface area (Å²) < 4.78 is 4.95. The van der Waals surface area contributed by atoms with Crippen LogP contribution in [0.15, 0.2) is 48.5 Å². The van der Waals surface area contributed by atoms with Crippen molar-refractivity contribution in [3.8, 4) is 0 Å². The number of nitro groups is 1. The van der Waals surface area contributed by atoms with Gasteiger partial charge in [-0.3, -0.25) is 19.7 Å². The summed E-state index contributed by atoms with van der Waals surface area (Å²) in [6, 6.07) is 12.1. The Bertz CT molecular complexity index is 819. The van der Waals surface area contributed by atoms with Gasteiger partial charge in [0.05, 0.1) is 24.0 Å². The average molecular weight is 356 g/mol. The Balaban J connectivity index is 2.28. The van der Waals surface area contributed by atoms with E-state index in [1.807, 2.05) is 13.0 Å². The second-order valence-corrected chi connectivity index (χ2v) is 5.76. The molecule has 0 spiro atoms. The van der Waals surface area contributed by atoms with Crippen LogP contribution in [0.3, 0.4) is 0 Å². The second-order valence-electron chi connectivity index (χ2n) is 5.76. The maximum absolute atomic E-state index is 12.5. The Kier molecular flexibility index (Phi) is 6.43. The van der Waals surface area contributed by atoms with Crippen LogP contribution in [-0.2, 0) is 9.53 Å². The third-order valence-electron chi connectivity index (χ3n) is 3.75. The topological polar surface area (TPSA) is 98.5 Å². The van der Waals surface area contributed by atoms with Crippen molar-refractivity contribution < 1.29 is 19.2 Å². The van der Waals surface area contributed by atoms with Gasteiger partial charge in [-0.15, -0.1) is 0 Å². The SMILES string of the molecule is CCOC(=O)C[C@H](NC(=O)c1cccc(C)c1)c1cccc([N+](=O)[O-])c1. The van der Waals surface area contributed by atoms with Gasteiger partial charge in [-0.25, -0.2) is 0 Å².